The maximum Gasteiger partial charge on any atom is 0.220 e. The molecule has 1 aromatic rings. The van der Waals surface area contributed by atoms with Crippen molar-refractivity contribution in [2.75, 3.05) is 38.8 Å². The fourth-order valence-electron chi connectivity index (χ4n) is 3.17. The molecule has 1 fully saturated rings. The highest BCUT2D eigenvalue weighted by atomic mass is 16.5. The maximum absolute atomic E-state index is 12.1. The number of rotatable bonds is 10. The third-order valence-electron chi connectivity index (χ3n) is 4.61. The number of hydrogen-bond acceptors (Lipinski definition) is 5. The maximum atomic E-state index is 12.1. The van der Waals surface area contributed by atoms with Crippen LogP contribution >= 0.6 is 0 Å². The molecule has 1 heterocycles. The highest BCUT2D eigenvalue weighted by Crippen LogP contribution is 2.30. The van der Waals surface area contributed by atoms with Crippen LogP contribution in [0.5, 0.6) is 11.5 Å². The van der Waals surface area contributed by atoms with Gasteiger partial charge in [0.15, 0.2) is 0 Å². The molecule has 1 amide bonds. The topological polar surface area (TPSA) is 76.8 Å². The van der Waals surface area contributed by atoms with E-state index in [9.17, 15) is 4.79 Å². The van der Waals surface area contributed by atoms with E-state index in [1.807, 2.05) is 18.2 Å². The first kappa shape index (κ1) is 19.4. The lowest BCUT2D eigenvalue weighted by Crippen LogP contribution is -2.36. The summed E-state index contributed by atoms with van der Waals surface area (Å²) >= 11 is 0. The van der Waals surface area contributed by atoms with Crippen LogP contribution in [-0.2, 0) is 4.79 Å². The molecule has 25 heavy (non-hydrogen) atoms. The standard InChI is InChI=1S/C19H31N3O3/c1-24-17-11-16(12-18(13-17)25-2)22-10-8-15(14-22)21-19(23)7-5-3-4-6-9-20/h11-13,15H,3-10,14,20H2,1-2H3,(H,21,23). The second-order valence-corrected chi connectivity index (χ2v) is 6.52. The van der Waals surface area contributed by atoms with Gasteiger partial charge in [-0.2, -0.15) is 0 Å². The summed E-state index contributed by atoms with van der Waals surface area (Å²) in [6.45, 7) is 2.46. The zero-order chi connectivity index (χ0) is 18.1. The lowest BCUT2D eigenvalue weighted by molar-refractivity contribution is -0.121. The Balaban J connectivity index is 1.80. The van der Waals surface area contributed by atoms with Crippen LogP contribution in [0.2, 0.25) is 0 Å². The van der Waals surface area contributed by atoms with Crippen molar-refractivity contribution in [2.24, 2.45) is 5.73 Å². The van der Waals surface area contributed by atoms with E-state index in [4.69, 9.17) is 15.2 Å². The summed E-state index contributed by atoms with van der Waals surface area (Å²) in [5, 5.41) is 3.16. The molecule has 1 unspecified atom stereocenters. The molecule has 0 saturated carbocycles. The zero-order valence-corrected chi connectivity index (χ0v) is 15.4. The number of unbranched alkanes of at least 4 members (excludes halogenated alkanes) is 3. The van der Waals surface area contributed by atoms with Crippen LogP contribution in [0.1, 0.15) is 38.5 Å². The van der Waals surface area contributed by atoms with Gasteiger partial charge in [-0.1, -0.05) is 12.8 Å². The van der Waals surface area contributed by atoms with E-state index < -0.39 is 0 Å². The third-order valence-corrected chi connectivity index (χ3v) is 4.61. The predicted molar refractivity (Wildman–Crippen MR) is 100 cm³/mol. The van der Waals surface area contributed by atoms with E-state index in [-0.39, 0.29) is 11.9 Å². The van der Waals surface area contributed by atoms with Crippen LogP contribution in [0.25, 0.3) is 0 Å². The van der Waals surface area contributed by atoms with Crippen LogP contribution in [0.15, 0.2) is 18.2 Å². The summed E-state index contributed by atoms with van der Waals surface area (Å²) in [6.07, 6.45) is 5.73. The first-order chi connectivity index (χ1) is 12.2. The summed E-state index contributed by atoms with van der Waals surface area (Å²) in [4.78, 5) is 14.3. The third kappa shape index (κ3) is 6.12. The minimum Gasteiger partial charge on any atom is -0.497 e. The Kier molecular flexibility index (Phi) is 7.85. The second kappa shape index (κ2) is 10.1. The Hall–Kier alpha value is -1.95. The van der Waals surface area contributed by atoms with Crippen molar-refractivity contribution >= 4 is 11.6 Å². The molecule has 6 heteroatoms. The van der Waals surface area contributed by atoms with Gasteiger partial charge in [-0.3, -0.25) is 4.79 Å². The molecule has 1 aliphatic rings. The normalized spacial score (nSPS) is 16.8. The Morgan fingerprint density at radius 3 is 2.48 bits per heavy atom. The number of nitrogens with two attached hydrogens (primary N) is 1. The smallest absolute Gasteiger partial charge is 0.220 e. The van der Waals surface area contributed by atoms with Gasteiger partial charge >= 0.3 is 0 Å². The second-order valence-electron chi connectivity index (χ2n) is 6.52. The Morgan fingerprint density at radius 2 is 1.84 bits per heavy atom. The molecule has 0 bridgehead atoms. The van der Waals surface area contributed by atoms with Gasteiger partial charge in [0.25, 0.3) is 0 Å². The molecular weight excluding hydrogens is 318 g/mol. The molecule has 0 spiro atoms. The minimum atomic E-state index is 0.155. The number of benzene rings is 1. The van der Waals surface area contributed by atoms with Crippen molar-refractivity contribution in [1.82, 2.24) is 5.32 Å². The predicted octanol–water partition coefficient (Wildman–Crippen LogP) is 2.31. The van der Waals surface area contributed by atoms with E-state index in [0.717, 1.165) is 68.9 Å². The molecule has 140 valence electrons. The monoisotopic (exact) mass is 349 g/mol. The lowest BCUT2D eigenvalue weighted by Gasteiger charge is -2.20. The van der Waals surface area contributed by atoms with E-state index in [1.54, 1.807) is 14.2 Å². The van der Waals surface area contributed by atoms with Crippen molar-refractivity contribution in [3.63, 3.8) is 0 Å². The Labute approximate surface area is 150 Å². The number of carbonyl (C=O) groups excluding carboxylic acids is 1. The molecule has 0 aromatic heterocycles. The fourth-order valence-corrected chi connectivity index (χ4v) is 3.17. The SMILES string of the molecule is COc1cc(OC)cc(N2CCC(NC(=O)CCCCCCN)C2)c1. The number of nitrogens with one attached hydrogen (secondary N) is 1. The van der Waals surface area contributed by atoms with Gasteiger partial charge in [0.2, 0.25) is 5.91 Å². The van der Waals surface area contributed by atoms with Gasteiger partial charge in [0.05, 0.1) is 14.2 Å². The van der Waals surface area contributed by atoms with Crippen molar-refractivity contribution in [3.05, 3.63) is 18.2 Å². The van der Waals surface area contributed by atoms with Crippen LogP contribution in [0.3, 0.4) is 0 Å². The number of hydrogen-bond donors (Lipinski definition) is 2. The number of anilines is 1. The van der Waals surface area contributed by atoms with E-state index in [2.05, 4.69) is 10.2 Å². The molecule has 3 N–H and O–H groups in total. The summed E-state index contributed by atoms with van der Waals surface area (Å²) in [5.74, 6) is 1.71. The van der Waals surface area contributed by atoms with Gasteiger partial charge in [0.1, 0.15) is 11.5 Å². The molecular formula is C19H31N3O3. The van der Waals surface area contributed by atoms with Gasteiger partial charge in [-0.15, -0.1) is 0 Å². The molecule has 1 atom stereocenters. The zero-order valence-electron chi connectivity index (χ0n) is 15.4. The molecule has 6 nitrogen and oxygen atoms in total. The fraction of sp³-hybridized carbons (Fsp3) is 0.632. The lowest BCUT2D eigenvalue weighted by atomic mass is 10.1. The highest BCUT2D eigenvalue weighted by molar-refractivity contribution is 5.76. The first-order valence-corrected chi connectivity index (χ1v) is 9.13. The largest absolute Gasteiger partial charge is 0.497 e. The number of ether oxygens (including phenoxy) is 2. The van der Waals surface area contributed by atoms with Gasteiger partial charge in [-0.05, 0) is 25.8 Å². The summed E-state index contributed by atoms with van der Waals surface area (Å²) in [5.41, 5.74) is 6.54. The van der Waals surface area contributed by atoms with Crippen molar-refractivity contribution in [1.29, 1.82) is 0 Å². The van der Waals surface area contributed by atoms with Gasteiger partial charge in [0, 0.05) is 49.4 Å². The summed E-state index contributed by atoms with van der Waals surface area (Å²) in [7, 11) is 3.30. The first-order valence-electron chi connectivity index (χ1n) is 9.13. The molecule has 1 aromatic carbocycles. The van der Waals surface area contributed by atoms with Crippen LogP contribution in [0.4, 0.5) is 5.69 Å². The molecule has 1 saturated heterocycles. The van der Waals surface area contributed by atoms with Crippen LogP contribution < -0.4 is 25.4 Å². The Morgan fingerprint density at radius 1 is 1.16 bits per heavy atom. The minimum absolute atomic E-state index is 0.155. The highest BCUT2D eigenvalue weighted by Gasteiger charge is 2.24. The van der Waals surface area contributed by atoms with Crippen molar-refractivity contribution < 1.29 is 14.3 Å². The summed E-state index contributed by atoms with van der Waals surface area (Å²) in [6, 6.07) is 6.08. The van der Waals surface area contributed by atoms with Gasteiger partial charge in [-0.25, -0.2) is 0 Å². The van der Waals surface area contributed by atoms with Gasteiger partial charge < -0.3 is 25.4 Å². The van der Waals surface area contributed by atoms with E-state index in [0.29, 0.717) is 6.42 Å². The van der Waals surface area contributed by atoms with E-state index >= 15 is 0 Å². The quantitative estimate of drug-likeness (QED) is 0.634. The molecule has 1 aliphatic heterocycles. The summed E-state index contributed by atoms with van der Waals surface area (Å²) < 4.78 is 10.7. The van der Waals surface area contributed by atoms with Crippen LogP contribution in [0, 0.1) is 0 Å². The van der Waals surface area contributed by atoms with E-state index in [1.165, 1.54) is 0 Å². The average molecular weight is 349 g/mol. The molecule has 2 rings (SSSR count). The number of amides is 1. The number of methoxy groups -OCH3 is 2. The Bertz CT molecular complexity index is 528. The molecule has 0 radical (unpaired) electrons. The van der Waals surface area contributed by atoms with Crippen LogP contribution in [-0.4, -0.2) is 45.8 Å². The molecule has 0 aliphatic carbocycles. The average Bonchev–Trinajstić information content (AvgIpc) is 3.09. The number of nitrogens with zero attached hydrogens (tertiary/aromatic N) is 1. The number of carbonyl (C=O) groups is 1. The van der Waals surface area contributed by atoms with Crippen molar-refractivity contribution in [2.45, 2.75) is 44.6 Å². The van der Waals surface area contributed by atoms with Crippen molar-refractivity contribution in [3.8, 4) is 11.5 Å².